The Hall–Kier alpha value is -1.02. The molecule has 2 rings (SSSR count). The monoisotopic (exact) mass is 261 g/mol. The quantitative estimate of drug-likeness (QED) is 0.884. The second-order valence-corrected chi connectivity index (χ2v) is 6.56. The van der Waals surface area contributed by atoms with Gasteiger partial charge in [0.2, 0.25) is 0 Å². The van der Waals surface area contributed by atoms with Crippen LogP contribution in [0.2, 0.25) is 0 Å². The van der Waals surface area contributed by atoms with Crippen LogP contribution < -0.4 is 10.1 Å². The molecule has 2 heteroatoms. The van der Waals surface area contributed by atoms with Gasteiger partial charge in [0.15, 0.2) is 0 Å². The number of aryl methyl sites for hydroxylation is 1. The lowest BCUT2D eigenvalue weighted by Crippen LogP contribution is -2.30. The van der Waals surface area contributed by atoms with Gasteiger partial charge in [0, 0.05) is 5.56 Å². The molecule has 106 valence electrons. The Bertz CT molecular complexity index is 459. The maximum absolute atomic E-state index is 6.16. The molecular formula is C17H27NO. The summed E-state index contributed by atoms with van der Waals surface area (Å²) in [6, 6.07) is 4.96. The largest absolute Gasteiger partial charge is 0.488 e. The van der Waals surface area contributed by atoms with Gasteiger partial charge in [-0.15, -0.1) is 0 Å². The van der Waals surface area contributed by atoms with Gasteiger partial charge in [0.25, 0.3) is 0 Å². The molecule has 0 bridgehead atoms. The van der Waals surface area contributed by atoms with Gasteiger partial charge < -0.3 is 10.1 Å². The van der Waals surface area contributed by atoms with Crippen LogP contribution in [0.1, 0.15) is 63.8 Å². The van der Waals surface area contributed by atoms with Crippen LogP contribution in [0.3, 0.4) is 0 Å². The van der Waals surface area contributed by atoms with E-state index in [0.29, 0.717) is 6.04 Å². The van der Waals surface area contributed by atoms with Crippen molar-refractivity contribution in [3.63, 3.8) is 0 Å². The molecule has 0 saturated carbocycles. The smallest absolute Gasteiger partial charge is 0.127 e. The number of likely N-dealkylation sites (N-methyl/N-ethyl adjacent to an activating group) is 1. The van der Waals surface area contributed by atoms with Crippen LogP contribution in [0, 0.1) is 6.92 Å². The highest BCUT2D eigenvalue weighted by Crippen LogP contribution is 2.42. The van der Waals surface area contributed by atoms with Gasteiger partial charge in [-0.3, -0.25) is 0 Å². The third-order valence-electron chi connectivity index (χ3n) is 3.97. The van der Waals surface area contributed by atoms with E-state index in [1.165, 1.54) is 16.7 Å². The first-order valence-corrected chi connectivity index (χ1v) is 7.43. The van der Waals surface area contributed by atoms with Crippen molar-refractivity contribution >= 4 is 0 Å². The van der Waals surface area contributed by atoms with E-state index in [4.69, 9.17) is 4.74 Å². The summed E-state index contributed by atoms with van der Waals surface area (Å²) in [5.41, 5.74) is 4.19. The number of fused-ring (bicyclic) bond motifs is 1. The lowest BCUT2D eigenvalue weighted by atomic mass is 9.84. The van der Waals surface area contributed by atoms with Crippen molar-refractivity contribution in [1.29, 1.82) is 0 Å². The molecule has 0 spiro atoms. The van der Waals surface area contributed by atoms with Gasteiger partial charge in [-0.2, -0.15) is 0 Å². The van der Waals surface area contributed by atoms with Crippen molar-refractivity contribution in [2.45, 2.75) is 65.5 Å². The van der Waals surface area contributed by atoms with E-state index in [-0.39, 0.29) is 11.5 Å². The fourth-order valence-electron chi connectivity index (χ4n) is 2.83. The lowest BCUT2D eigenvalue weighted by Gasteiger charge is -2.22. The fraction of sp³-hybridized carbons (Fsp3) is 0.647. The Morgan fingerprint density at radius 1 is 1.21 bits per heavy atom. The molecule has 1 aromatic carbocycles. The average molecular weight is 261 g/mol. The molecule has 1 aliphatic heterocycles. The van der Waals surface area contributed by atoms with Crippen LogP contribution in [-0.2, 0) is 5.41 Å². The van der Waals surface area contributed by atoms with Crippen LogP contribution in [-0.4, -0.2) is 12.6 Å². The summed E-state index contributed by atoms with van der Waals surface area (Å²) in [5, 5.41) is 3.58. The van der Waals surface area contributed by atoms with E-state index in [9.17, 15) is 0 Å². The summed E-state index contributed by atoms with van der Waals surface area (Å²) < 4.78 is 6.16. The molecule has 2 nitrogen and oxygen atoms in total. The zero-order valence-electron chi connectivity index (χ0n) is 13.1. The summed E-state index contributed by atoms with van der Waals surface area (Å²) in [7, 11) is 0. The number of rotatable bonds is 3. The summed E-state index contributed by atoms with van der Waals surface area (Å²) in [5.74, 6) is 1.10. The van der Waals surface area contributed by atoms with Gasteiger partial charge in [0.05, 0.1) is 6.04 Å². The van der Waals surface area contributed by atoms with E-state index in [0.717, 1.165) is 18.7 Å². The van der Waals surface area contributed by atoms with Crippen molar-refractivity contribution < 1.29 is 4.74 Å². The summed E-state index contributed by atoms with van der Waals surface area (Å²) in [6.07, 6.45) is 1.31. The van der Waals surface area contributed by atoms with Crippen LogP contribution in [0.4, 0.5) is 0 Å². The average Bonchev–Trinajstić information content (AvgIpc) is 2.68. The molecule has 0 aromatic heterocycles. The van der Waals surface area contributed by atoms with E-state index in [1.807, 2.05) is 0 Å². The second-order valence-electron chi connectivity index (χ2n) is 6.56. The molecule has 1 aliphatic rings. The minimum atomic E-state index is 0.181. The molecule has 1 aromatic rings. The molecule has 0 radical (unpaired) electrons. The minimum absolute atomic E-state index is 0.181. The number of ether oxygens (including phenoxy) is 1. The van der Waals surface area contributed by atoms with Crippen LogP contribution in [0.5, 0.6) is 5.75 Å². The van der Waals surface area contributed by atoms with Crippen LogP contribution in [0.15, 0.2) is 12.1 Å². The summed E-state index contributed by atoms with van der Waals surface area (Å²) in [6.45, 7) is 14.3. The predicted octanol–water partition coefficient (Wildman–Crippen LogP) is 4.11. The van der Waals surface area contributed by atoms with Crippen molar-refractivity contribution in [1.82, 2.24) is 5.32 Å². The molecule has 0 saturated heterocycles. The summed E-state index contributed by atoms with van der Waals surface area (Å²) in [4.78, 5) is 0. The van der Waals surface area contributed by atoms with E-state index in [1.54, 1.807) is 0 Å². The van der Waals surface area contributed by atoms with Gasteiger partial charge in [-0.25, -0.2) is 0 Å². The highest BCUT2D eigenvalue weighted by Gasteiger charge is 2.34. The van der Waals surface area contributed by atoms with Crippen LogP contribution in [0.25, 0.3) is 0 Å². The maximum Gasteiger partial charge on any atom is 0.127 e. The van der Waals surface area contributed by atoms with E-state index >= 15 is 0 Å². The van der Waals surface area contributed by atoms with Gasteiger partial charge in [-0.1, -0.05) is 40.7 Å². The maximum atomic E-state index is 6.16. The van der Waals surface area contributed by atoms with E-state index < -0.39 is 0 Å². The molecule has 2 atom stereocenters. The first-order valence-electron chi connectivity index (χ1n) is 7.43. The first-order chi connectivity index (χ1) is 8.88. The van der Waals surface area contributed by atoms with Gasteiger partial charge >= 0.3 is 0 Å². The summed E-state index contributed by atoms with van der Waals surface area (Å²) >= 11 is 0. The van der Waals surface area contributed by atoms with Crippen LogP contribution >= 0.6 is 0 Å². The number of hydrogen-bond donors (Lipinski definition) is 1. The highest BCUT2D eigenvalue weighted by molar-refractivity contribution is 5.50. The third-order valence-corrected chi connectivity index (χ3v) is 3.97. The molecule has 0 aliphatic carbocycles. The Morgan fingerprint density at radius 3 is 2.42 bits per heavy atom. The SMILES string of the molecule is CCNC1c2cc(C(C)(C)C)cc(C)c2OC1CC. The molecular weight excluding hydrogens is 234 g/mol. The van der Waals surface area contributed by atoms with Crippen molar-refractivity contribution in [3.8, 4) is 5.75 Å². The Balaban J connectivity index is 2.48. The van der Waals surface area contributed by atoms with Crippen molar-refractivity contribution in [3.05, 3.63) is 28.8 Å². The van der Waals surface area contributed by atoms with Crippen molar-refractivity contribution in [2.24, 2.45) is 0 Å². The first kappa shape index (κ1) is 14.4. The van der Waals surface area contributed by atoms with Gasteiger partial charge in [-0.05, 0) is 42.5 Å². The molecule has 1 heterocycles. The fourth-order valence-corrected chi connectivity index (χ4v) is 2.83. The Kier molecular flexibility index (Phi) is 3.91. The van der Waals surface area contributed by atoms with Gasteiger partial charge in [0.1, 0.15) is 11.9 Å². The standard InChI is InChI=1S/C17H27NO/c1-7-14-15(18-8-2)13-10-12(17(4,5)6)9-11(3)16(13)19-14/h9-10,14-15,18H,7-8H2,1-6H3. The predicted molar refractivity (Wildman–Crippen MR) is 81.0 cm³/mol. The normalized spacial score (nSPS) is 22.2. The minimum Gasteiger partial charge on any atom is -0.488 e. The lowest BCUT2D eigenvalue weighted by molar-refractivity contribution is 0.185. The second kappa shape index (κ2) is 5.16. The third kappa shape index (κ3) is 2.64. The van der Waals surface area contributed by atoms with Crippen molar-refractivity contribution in [2.75, 3.05) is 6.54 Å². The zero-order valence-corrected chi connectivity index (χ0v) is 13.1. The number of hydrogen-bond acceptors (Lipinski definition) is 2. The Labute approximate surface area is 117 Å². The topological polar surface area (TPSA) is 21.3 Å². The number of benzene rings is 1. The molecule has 19 heavy (non-hydrogen) atoms. The molecule has 2 unspecified atom stereocenters. The molecule has 0 amide bonds. The highest BCUT2D eigenvalue weighted by atomic mass is 16.5. The zero-order chi connectivity index (χ0) is 14.2. The number of nitrogens with one attached hydrogen (secondary N) is 1. The molecule has 1 N–H and O–H groups in total. The molecule has 0 fully saturated rings. The Morgan fingerprint density at radius 2 is 1.89 bits per heavy atom. The van der Waals surface area contributed by atoms with E-state index in [2.05, 4.69) is 59.0 Å².